The second kappa shape index (κ2) is 33.0. The predicted octanol–water partition coefficient (Wildman–Crippen LogP) is 8.86. The van der Waals surface area contributed by atoms with Gasteiger partial charge in [-0.15, -0.1) is 16.4 Å². The molecule has 3 atom stereocenters. The molecule has 5 amide bonds. The number of nitrogens with zero attached hydrogens (tertiary/aromatic N) is 5. The van der Waals surface area contributed by atoms with E-state index in [-0.39, 0.29) is 47.7 Å². The van der Waals surface area contributed by atoms with Crippen molar-refractivity contribution >= 4 is 54.8 Å². The summed E-state index contributed by atoms with van der Waals surface area (Å²) in [7, 11) is -1.32. The number of fused-ring (bicyclic) bond motifs is 2. The number of unbranched alkanes of at least 4 members (excludes halogenated alkanes) is 10. The zero-order chi connectivity index (χ0) is 55.6. The van der Waals surface area contributed by atoms with Gasteiger partial charge in [-0.2, -0.15) is 5.96 Å². The number of rotatable bonds is 16. The first-order valence-corrected chi connectivity index (χ1v) is 32.0. The lowest BCUT2D eigenvalue weighted by Gasteiger charge is -2.35. The van der Waals surface area contributed by atoms with Gasteiger partial charge >= 0.3 is 0 Å². The first kappa shape index (κ1) is 63.1. The van der Waals surface area contributed by atoms with Gasteiger partial charge in [0.15, 0.2) is 5.78 Å². The van der Waals surface area contributed by atoms with Crippen LogP contribution < -0.4 is 26.4 Å². The summed E-state index contributed by atoms with van der Waals surface area (Å²) in [6.07, 6.45) is 24.4. The van der Waals surface area contributed by atoms with Crippen molar-refractivity contribution in [1.29, 1.82) is 0 Å². The summed E-state index contributed by atoms with van der Waals surface area (Å²) in [6.45, 7) is 25.2. The number of carbonyl (C=O) groups excluding carboxylic acids is 6. The van der Waals surface area contributed by atoms with Gasteiger partial charge in [-0.05, 0) is 66.8 Å². The highest BCUT2D eigenvalue weighted by Crippen LogP contribution is 2.37. The number of piperazine rings is 2. The van der Waals surface area contributed by atoms with Crippen molar-refractivity contribution in [2.45, 2.75) is 169 Å². The smallest absolute Gasteiger partial charge is 0.255 e. The number of imide groups is 2. The molecule has 14 nitrogen and oxygen atoms in total. The first-order valence-electron chi connectivity index (χ1n) is 28.5. The number of ketones is 1. The molecule has 2 aromatic rings. The van der Waals surface area contributed by atoms with Crippen molar-refractivity contribution in [3.05, 3.63) is 58.7 Å². The molecule has 0 bridgehead atoms. The fourth-order valence-corrected chi connectivity index (χ4v) is 11.1. The molecule has 0 saturated carbocycles. The Morgan fingerprint density at radius 1 is 0.605 bits per heavy atom. The molecule has 0 spiro atoms. The second-order valence-corrected chi connectivity index (χ2v) is 26.7. The molecule has 5 aliphatic heterocycles. The van der Waals surface area contributed by atoms with Crippen LogP contribution in [0.1, 0.15) is 162 Å². The maximum Gasteiger partial charge on any atom is 0.255 e. The van der Waals surface area contributed by atoms with Gasteiger partial charge in [0.1, 0.15) is 14.1 Å². The number of amides is 5. The number of terminal acetylenes is 1. The molecule has 6 aliphatic rings. The van der Waals surface area contributed by atoms with Crippen LogP contribution in [0.25, 0.3) is 0 Å². The number of Topliss-reactive ketones (excluding diaryl/α,β-unsaturated/α-hetero) is 1. The average molecular weight is 1070 g/mol. The van der Waals surface area contributed by atoms with Crippen molar-refractivity contribution in [3.8, 4) is 23.8 Å². The maximum atomic E-state index is 12.9. The minimum atomic E-state index is -1.32. The Hall–Kier alpha value is -5.39. The molecule has 1 aliphatic carbocycles. The molecule has 2 aromatic carbocycles. The van der Waals surface area contributed by atoms with E-state index in [1.54, 1.807) is 4.90 Å². The highest BCUT2D eigenvalue weighted by atomic mass is 28.3. The highest BCUT2D eigenvalue weighted by Gasteiger charge is 2.42. The second-order valence-electron chi connectivity index (χ2n) is 21.9. The number of carbonyl (C=O) groups is 6. The van der Waals surface area contributed by atoms with Gasteiger partial charge in [0.05, 0.1) is 13.1 Å². The van der Waals surface area contributed by atoms with Crippen LogP contribution in [0.2, 0.25) is 19.6 Å². The molecule has 0 aromatic heterocycles. The zero-order valence-corrected chi connectivity index (χ0v) is 48.2. The van der Waals surface area contributed by atoms with Crippen LogP contribution in [0.5, 0.6) is 0 Å². The third kappa shape index (κ3) is 19.6. The Morgan fingerprint density at radius 3 is 1.55 bits per heavy atom. The normalized spacial score (nSPS) is 20.4. The topological polar surface area (TPSA) is 169 Å². The molecule has 418 valence electrons. The van der Waals surface area contributed by atoms with Crippen LogP contribution in [0, 0.1) is 35.6 Å². The highest BCUT2D eigenvalue weighted by molar-refractivity contribution is 6.83. The Kier molecular flexibility index (Phi) is 27.4. The predicted molar refractivity (Wildman–Crippen MR) is 307 cm³/mol. The van der Waals surface area contributed by atoms with E-state index in [1.807, 2.05) is 24.3 Å². The number of anilines is 2. The summed E-state index contributed by atoms with van der Waals surface area (Å²) in [5.74, 6) is 7.02. The van der Waals surface area contributed by atoms with Crippen molar-refractivity contribution in [1.82, 2.24) is 25.3 Å². The Balaban J connectivity index is 0.000000251. The Labute approximate surface area is 456 Å². The van der Waals surface area contributed by atoms with E-state index in [2.05, 4.69) is 113 Å². The van der Waals surface area contributed by atoms with Crippen LogP contribution in [-0.4, -0.2) is 130 Å². The molecule has 16 heteroatoms. The number of hydrogen-bond donors (Lipinski definition) is 3. The van der Waals surface area contributed by atoms with Crippen LogP contribution >= 0.6 is 0 Å². The van der Waals surface area contributed by atoms with E-state index < -0.39 is 20.0 Å². The number of nitrogens with one attached hydrogen (secondary N) is 2. The lowest BCUT2D eigenvalue weighted by atomic mass is 9.83. The van der Waals surface area contributed by atoms with E-state index in [1.165, 1.54) is 77.0 Å². The summed E-state index contributed by atoms with van der Waals surface area (Å²) in [6, 6.07) is 11.4. The molecular weight excluding hydrogens is 976 g/mol. The van der Waals surface area contributed by atoms with Crippen molar-refractivity contribution < 1.29 is 33.2 Å². The van der Waals surface area contributed by atoms with Crippen molar-refractivity contribution in [2.75, 3.05) is 75.2 Å². The summed E-state index contributed by atoms with van der Waals surface area (Å²) in [5.41, 5.74) is 9.02. The van der Waals surface area contributed by atoms with Crippen LogP contribution in [-0.2, 0) is 32.1 Å². The minimum absolute atomic E-state index is 0.0434. The van der Waals surface area contributed by atoms with E-state index in [0.29, 0.717) is 44.3 Å². The molecule has 8 rings (SSSR count). The Bertz CT molecular complexity index is 2300. The quantitative estimate of drug-likeness (QED) is 0.0483. The molecule has 4 fully saturated rings. The van der Waals surface area contributed by atoms with Gasteiger partial charge in [0, 0.05) is 106 Å². The summed E-state index contributed by atoms with van der Waals surface area (Å²) < 4.78 is 9.00. The van der Waals surface area contributed by atoms with E-state index in [4.69, 9.17) is 10.9 Å². The standard InChI is InChI=1S/C24H31N3O3Si.C20H22N4O3.2C8H18.FH2N/c1-31(2,3)14-4-9-26-10-12-27(13-11-26)18-5-6-19-17(15-18)16-21(23(19)29)20-7-8-22(28)25-24(20)30;1-2-7-22-8-10-23(11-9-22)15-3-4-16-14(12-15)13-24(20(16)27)17-5-6-18(25)21-19(17)26;2*1-3-5-7-8-6-4-2;1-2/h5-6,15,20-21H,7-13,16H2,1-3H3,(H,25,28,30);1,3-4,12,17H,5-11,13H2,(H,21,25,26);2*3-8H2,1-2H3;2H2. The molecule has 4 N–H and O–H groups in total. The minimum Gasteiger partial charge on any atom is -0.369 e. The zero-order valence-electron chi connectivity index (χ0n) is 47.2. The average Bonchev–Trinajstić information content (AvgIpc) is 3.94. The first-order chi connectivity index (χ1) is 36.6. The van der Waals surface area contributed by atoms with Crippen LogP contribution in [0.4, 0.5) is 15.9 Å². The summed E-state index contributed by atoms with van der Waals surface area (Å²) in [4.78, 5) is 83.8. The van der Waals surface area contributed by atoms with Crippen LogP contribution in [0.3, 0.4) is 0 Å². The summed E-state index contributed by atoms with van der Waals surface area (Å²) >= 11 is 0. The number of hydrogen-bond acceptors (Lipinski definition) is 11. The van der Waals surface area contributed by atoms with E-state index >= 15 is 0 Å². The molecule has 3 unspecified atom stereocenters. The van der Waals surface area contributed by atoms with Gasteiger partial charge < -0.3 is 14.7 Å². The van der Waals surface area contributed by atoms with Crippen LogP contribution in [0.15, 0.2) is 36.4 Å². The fraction of sp³-hybridized carbons (Fsp3) is 0.633. The third-order valence-electron chi connectivity index (χ3n) is 14.9. The number of piperidine rings is 2. The van der Waals surface area contributed by atoms with Gasteiger partial charge in [-0.25, -0.2) is 0 Å². The maximum absolute atomic E-state index is 12.9. The summed E-state index contributed by atoms with van der Waals surface area (Å²) in [5, 5.41) is 4.73. The molecular formula is C60H91FN8O6Si. The molecule has 4 saturated heterocycles. The number of benzene rings is 2. The number of halogens is 1. The number of nitrogens with two attached hydrogens (primary N) is 1. The monoisotopic (exact) mass is 1070 g/mol. The van der Waals surface area contributed by atoms with Gasteiger partial charge in [0.25, 0.3) is 5.91 Å². The van der Waals surface area contributed by atoms with Crippen molar-refractivity contribution in [2.24, 2.45) is 17.8 Å². The third-order valence-corrected chi connectivity index (χ3v) is 15.8. The van der Waals surface area contributed by atoms with Crippen molar-refractivity contribution in [3.63, 3.8) is 0 Å². The molecule has 5 heterocycles. The Morgan fingerprint density at radius 2 is 1.08 bits per heavy atom. The lowest BCUT2D eigenvalue weighted by molar-refractivity contribution is -0.138. The SMILES string of the molecule is C#CCN1CCN(c2ccc3c(c2)CN(C2CCC(=O)NC2=O)C3=O)CC1.CCCCCCCC.CCCCCCCC.C[Si](C)(C)C#CCN1CCN(c2ccc3c(c2)CC(C2CCC(=O)NC2=O)C3=O)CC1.NF. The van der Waals surface area contributed by atoms with Gasteiger partial charge in [0.2, 0.25) is 23.6 Å². The largest absolute Gasteiger partial charge is 0.369 e. The molecule has 0 radical (unpaired) electrons. The van der Waals surface area contributed by atoms with E-state index in [9.17, 15) is 28.8 Å². The van der Waals surface area contributed by atoms with E-state index in [0.717, 1.165) is 87.0 Å². The lowest BCUT2D eigenvalue weighted by Crippen LogP contribution is -2.52. The van der Waals surface area contributed by atoms with Gasteiger partial charge in [-0.1, -0.05) is 136 Å². The fourth-order valence-electron chi connectivity index (χ4n) is 10.5. The van der Waals surface area contributed by atoms with Gasteiger partial charge in [-0.3, -0.25) is 49.2 Å². The molecule has 76 heavy (non-hydrogen) atoms.